The summed E-state index contributed by atoms with van der Waals surface area (Å²) in [5.41, 5.74) is 0. The molecule has 1 rings (SSSR count). The predicted molar refractivity (Wildman–Crippen MR) is 66.1 cm³/mol. The van der Waals surface area contributed by atoms with Crippen LogP contribution in [0.5, 0.6) is 0 Å². The second-order valence-electron chi connectivity index (χ2n) is 4.37. The summed E-state index contributed by atoms with van der Waals surface area (Å²) in [5.74, 6) is -4.11. The fourth-order valence-electron chi connectivity index (χ4n) is 1.42. The van der Waals surface area contributed by atoms with E-state index in [0.29, 0.717) is 6.08 Å². The van der Waals surface area contributed by atoms with Crippen LogP contribution in [-0.4, -0.2) is 37.5 Å². The Kier molecular flexibility index (Phi) is 8.11. The Bertz CT molecular complexity index is 427. The first-order valence-corrected chi connectivity index (χ1v) is 6.58. The molecular formula is C13H16F6O4. The highest BCUT2D eigenvalue weighted by Crippen LogP contribution is 2.50. The molecule has 0 aromatic carbocycles. The fourth-order valence-corrected chi connectivity index (χ4v) is 1.42. The molecule has 0 aliphatic heterocycles. The number of rotatable bonds is 4. The van der Waals surface area contributed by atoms with Gasteiger partial charge in [0, 0.05) is 12.2 Å². The molecule has 0 aromatic rings. The minimum atomic E-state index is -4.45. The summed E-state index contributed by atoms with van der Waals surface area (Å²) in [4.78, 5) is 21.0. The van der Waals surface area contributed by atoms with Crippen LogP contribution in [0, 0.1) is 11.8 Å². The van der Waals surface area contributed by atoms with Crippen LogP contribution in [0.4, 0.5) is 26.3 Å². The standard InChI is InChI=1S/C7H9F3O2.C6H7F3O2/c1-2-12-6(11)4-3-5(4)7(8,9)10;1-2-11-5(10)3-4-6(7,8)9/h4-5H,2-3H2,1H3;3-4H,2H2,1H3/b;4-3+. The van der Waals surface area contributed by atoms with Gasteiger partial charge in [0.1, 0.15) is 0 Å². The van der Waals surface area contributed by atoms with Gasteiger partial charge in [-0.05, 0) is 20.3 Å². The van der Waals surface area contributed by atoms with Crippen molar-refractivity contribution < 1.29 is 45.4 Å². The Labute approximate surface area is 128 Å². The monoisotopic (exact) mass is 350 g/mol. The number of hydrogen-bond acceptors (Lipinski definition) is 4. The van der Waals surface area contributed by atoms with Crippen LogP contribution >= 0.6 is 0 Å². The first-order valence-electron chi connectivity index (χ1n) is 6.58. The molecule has 0 heterocycles. The maximum absolute atomic E-state index is 11.9. The van der Waals surface area contributed by atoms with Gasteiger partial charge in [-0.15, -0.1) is 0 Å². The van der Waals surface area contributed by atoms with Crippen molar-refractivity contribution in [3.8, 4) is 0 Å². The molecule has 1 fully saturated rings. The summed E-state index contributed by atoms with van der Waals surface area (Å²) in [6.07, 6.45) is -8.61. The summed E-state index contributed by atoms with van der Waals surface area (Å²) >= 11 is 0. The van der Waals surface area contributed by atoms with Gasteiger partial charge < -0.3 is 9.47 Å². The second-order valence-corrected chi connectivity index (χ2v) is 4.37. The highest BCUT2D eigenvalue weighted by molar-refractivity contribution is 5.81. The topological polar surface area (TPSA) is 52.6 Å². The van der Waals surface area contributed by atoms with E-state index in [2.05, 4.69) is 9.47 Å². The third-order valence-electron chi connectivity index (χ3n) is 2.50. The Hall–Kier alpha value is -1.74. The first-order chi connectivity index (χ1) is 10.4. The van der Waals surface area contributed by atoms with Gasteiger partial charge in [0.2, 0.25) is 0 Å². The molecule has 0 spiro atoms. The summed E-state index contributed by atoms with van der Waals surface area (Å²) in [6.45, 7) is 3.29. The lowest BCUT2D eigenvalue weighted by atomic mass is 10.3. The van der Waals surface area contributed by atoms with Crippen molar-refractivity contribution in [1.82, 2.24) is 0 Å². The van der Waals surface area contributed by atoms with Gasteiger partial charge in [-0.2, -0.15) is 26.3 Å². The molecule has 2 unspecified atom stereocenters. The van der Waals surface area contributed by atoms with Crippen LogP contribution in [-0.2, 0) is 19.1 Å². The number of alkyl halides is 6. The van der Waals surface area contributed by atoms with E-state index in [0.717, 1.165) is 0 Å². The zero-order chi connectivity index (χ0) is 18.3. The van der Waals surface area contributed by atoms with Crippen molar-refractivity contribution in [3.05, 3.63) is 12.2 Å². The van der Waals surface area contributed by atoms with Crippen molar-refractivity contribution in [2.75, 3.05) is 13.2 Å². The van der Waals surface area contributed by atoms with Gasteiger partial charge >= 0.3 is 24.3 Å². The molecule has 4 nitrogen and oxygen atoms in total. The van der Waals surface area contributed by atoms with Gasteiger partial charge in [0.05, 0.1) is 25.0 Å². The average molecular weight is 350 g/mol. The molecule has 1 aliphatic carbocycles. The molecule has 0 radical (unpaired) electrons. The minimum Gasteiger partial charge on any atom is -0.466 e. The van der Waals surface area contributed by atoms with E-state index in [1.807, 2.05) is 0 Å². The fraction of sp³-hybridized carbons (Fsp3) is 0.692. The predicted octanol–water partition coefficient (Wildman–Crippen LogP) is 3.42. The number of allylic oxidation sites excluding steroid dienone is 1. The molecule has 0 N–H and O–H groups in total. The number of carbonyl (C=O) groups excluding carboxylic acids is 2. The number of halogens is 6. The van der Waals surface area contributed by atoms with E-state index in [1.165, 1.54) is 6.92 Å². The third kappa shape index (κ3) is 9.80. The molecule has 0 bridgehead atoms. The number of ether oxygens (including phenoxy) is 2. The normalized spacial score (nSPS) is 20.5. The van der Waals surface area contributed by atoms with Crippen molar-refractivity contribution in [2.24, 2.45) is 11.8 Å². The Morgan fingerprint density at radius 2 is 1.57 bits per heavy atom. The van der Waals surface area contributed by atoms with Gasteiger partial charge in [-0.3, -0.25) is 4.79 Å². The van der Waals surface area contributed by atoms with E-state index in [-0.39, 0.29) is 25.7 Å². The van der Waals surface area contributed by atoms with Gasteiger partial charge in [-0.1, -0.05) is 0 Å². The van der Waals surface area contributed by atoms with E-state index in [4.69, 9.17) is 0 Å². The lowest BCUT2D eigenvalue weighted by Crippen LogP contribution is -2.16. The Morgan fingerprint density at radius 3 is 1.91 bits per heavy atom. The quantitative estimate of drug-likeness (QED) is 0.443. The van der Waals surface area contributed by atoms with Crippen LogP contribution in [0.3, 0.4) is 0 Å². The van der Waals surface area contributed by atoms with Gasteiger partial charge in [0.25, 0.3) is 0 Å². The second kappa shape index (κ2) is 8.78. The van der Waals surface area contributed by atoms with Crippen molar-refractivity contribution in [2.45, 2.75) is 32.6 Å². The third-order valence-corrected chi connectivity index (χ3v) is 2.50. The Balaban J connectivity index is 0.000000423. The lowest BCUT2D eigenvalue weighted by Gasteiger charge is -2.04. The largest absolute Gasteiger partial charge is 0.466 e. The van der Waals surface area contributed by atoms with E-state index < -0.39 is 36.1 Å². The minimum absolute atomic E-state index is 0.0705. The van der Waals surface area contributed by atoms with Crippen molar-refractivity contribution in [1.29, 1.82) is 0 Å². The maximum Gasteiger partial charge on any atom is 0.410 e. The first kappa shape index (κ1) is 21.3. The molecule has 2 atom stereocenters. The van der Waals surface area contributed by atoms with Gasteiger partial charge in [0.15, 0.2) is 0 Å². The summed E-state index contributed by atoms with van der Waals surface area (Å²) < 4.78 is 78.4. The molecule has 1 aliphatic rings. The molecular weight excluding hydrogens is 334 g/mol. The molecule has 134 valence electrons. The van der Waals surface area contributed by atoms with Crippen LogP contribution < -0.4 is 0 Å². The van der Waals surface area contributed by atoms with Crippen LogP contribution in [0.25, 0.3) is 0 Å². The molecule has 0 saturated heterocycles. The lowest BCUT2D eigenvalue weighted by molar-refractivity contribution is -0.162. The summed E-state index contributed by atoms with van der Waals surface area (Å²) in [6, 6.07) is 0. The van der Waals surface area contributed by atoms with Crippen LogP contribution in [0.2, 0.25) is 0 Å². The molecule has 23 heavy (non-hydrogen) atoms. The Morgan fingerprint density at radius 1 is 1.04 bits per heavy atom. The highest BCUT2D eigenvalue weighted by Gasteiger charge is 2.59. The smallest absolute Gasteiger partial charge is 0.410 e. The van der Waals surface area contributed by atoms with E-state index >= 15 is 0 Å². The van der Waals surface area contributed by atoms with Gasteiger partial charge in [-0.25, -0.2) is 4.79 Å². The SMILES string of the molecule is CCOC(=O)/C=C/C(F)(F)F.CCOC(=O)C1CC1C(F)(F)F. The van der Waals surface area contributed by atoms with E-state index in [9.17, 15) is 35.9 Å². The average Bonchev–Trinajstić information content (AvgIpc) is 3.17. The number of hydrogen-bond donors (Lipinski definition) is 0. The molecule has 0 amide bonds. The van der Waals surface area contributed by atoms with E-state index in [1.54, 1.807) is 6.92 Å². The zero-order valence-corrected chi connectivity index (χ0v) is 12.3. The van der Waals surface area contributed by atoms with Crippen LogP contribution in [0.1, 0.15) is 20.3 Å². The molecule has 0 aromatic heterocycles. The summed E-state index contributed by atoms with van der Waals surface area (Å²) in [7, 11) is 0. The van der Waals surface area contributed by atoms with Crippen molar-refractivity contribution in [3.63, 3.8) is 0 Å². The summed E-state index contributed by atoms with van der Waals surface area (Å²) in [5, 5.41) is 0. The zero-order valence-electron chi connectivity index (χ0n) is 12.3. The highest BCUT2D eigenvalue weighted by atomic mass is 19.4. The molecule has 10 heteroatoms. The maximum atomic E-state index is 11.9. The number of carbonyl (C=O) groups is 2. The van der Waals surface area contributed by atoms with Crippen LogP contribution in [0.15, 0.2) is 12.2 Å². The van der Waals surface area contributed by atoms with Crippen molar-refractivity contribution >= 4 is 11.9 Å². The number of esters is 2. The molecule has 1 saturated carbocycles.